The number of rotatable bonds is 3. The Labute approximate surface area is 132 Å². The lowest BCUT2D eigenvalue weighted by Gasteiger charge is -2.30. The molecule has 2 heterocycles. The van der Waals surface area contributed by atoms with Crippen LogP contribution >= 0.6 is 0 Å². The highest BCUT2D eigenvalue weighted by molar-refractivity contribution is 5.79. The van der Waals surface area contributed by atoms with Crippen LogP contribution in [0.2, 0.25) is 0 Å². The van der Waals surface area contributed by atoms with Crippen LogP contribution in [0.4, 0.5) is 0 Å². The van der Waals surface area contributed by atoms with Crippen LogP contribution in [0.3, 0.4) is 0 Å². The third-order valence-corrected chi connectivity index (χ3v) is 5.06. The van der Waals surface area contributed by atoms with Crippen LogP contribution in [0.15, 0.2) is 24.3 Å². The number of hydrogen-bond donors (Lipinski definition) is 1. The molecule has 0 spiro atoms. The Bertz CT molecular complexity index is 514. The molecule has 1 N–H and O–H groups in total. The van der Waals surface area contributed by atoms with Crippen LogP contribution in [0.5, 0.6) is 5.75 Å². The van der Waals surface area contributed by atoms with E-state index in [1.54, 1.807) is 7.11 Å². The smallest absolute Gasteiger partial charge is 0.225 e. The number of carbonyl (C=O) groups is 1. The Morgan fingerprint density at radius 2 is 2.05 bits per heavy atom. The maximum Gasteiger partial charge on any atom is 0.225 e. The van der Waals surface area contributed by atoms with E-state index in [9.17, 15) is 4.79 Å². The van der Waals surface area contributed by atoms with Gasteiger partial charge in [0.25, 0.3) is 0 Å². The van der Waals surface area contributed by atoms with Crippen molar-refractivity contribution in [1.29, 1.82) is 0 Å². The van der Waals surface area contributed by atoms with Gasteiger partial charge in [-0.3, -0.25) is 4.79 Å². The third-order valence-electron chi connectivity index (χ3n) is 5.06. The molecule has 0 aliphatic carbocycles. The van der Waals surface area contributed by atoms with Crippen LogP contribution < -0.4 is 10.1 Å². The van der Waals surface area contributed by atoms with Crippen LogP contribution in [0.25, 0.3) is 0 Å². The van der Waals surface area contributed by atoms with Gasteiger partial charge < -0.3 is 15.0 Å². The molecule has 0 radical (unpaired) electrons. The van der Waals surface area contributed by atoms with E-state index in [2.05, 4.69) is 29.3 Å². The largest absolute Gasteiger partial charge is 0.497 e. The fourth-order valence-corrected chi connectivity index (χ4v) is 3.72. The minimum Gasteiger partial charge on any atom is -0.497 e. The summed E-state index contributed by atoms with van der Waals surface area (Å²) in [5.41, 5.74) is 1.31. The Morgan fingerprint density at radius 3 is 2.73 bits per heavy atom. The van der Waals surface area contributed by atoms with Gasteiger partial charge in [0.1, 0.15) is 5.75 Å². The zero-order valence-corrected chi connectivity index (χ0v) is 13.5. The first kappa shape index (κ1) is 15.3. The molecule has 4 heteroatoms. The predicted molar refractivity (Wildman–Crippen MR) is 87.1 cm³/mol. The van der Waals surface area contributed by atoms with Crippen LogP contribution in [0, 0.1) is 5.92 Å². The molecular formula is C18H26N2O2. The van der Waals surface area contributed by atoms with Gasteiger partial charge in [0.2, 0.25) is 5.91 Å². The molecule has 0 saturated carbocycles. The number of benzene rings is 1. The molecule has 1 amide bonds. The molecule has 1 aromatic carbocycles. The molecule has 2 saturated heterocycles. The molecule has 0 aromatic heterocycles. The zero-order chi connectivity index (χ0) is 15.5. The molecule has 120 valence electrons. The number of nitrogens with zero attached hydrogens (tertiary/aromatic N) is 1. The fraction of sp³-hybridized carbons (Fsp3) is 0.611. The SMILES string of the molecule is COc1ccc(C2CCN(C(=O)[C@H]3CCN[C@@H](C)C3)C2)cc1. The summed E-state index contributed by atoms with van der Waals surface area (Å²) in [5, 5.41) is 3.42. The molecule has 0 bridgehead atoms. The Hall–Kier alpha value is -1.55. The number of carbonyl (C=O) groups excluding carboxylic acids is 1. The number of hydrogen-bond acceptors (Lipinski definition) is 3. The van der Waals surface area contributed by atoms with Gasteiger partial charge in [-0.1, -0.05) is 12.1 Å². The maximum atomic E-state index is 12.7. The van der Waals surface area contributed by atoms with E-state index in [4.69, 9.17) is 4.74 Å². The van der Waals surface area contributed by atoms with Gasteiger partial charge >= 0.3 is 0 Å². The van der Waals surface area contributed by atoms with Gasteiger partial charge in [-0.05, 0) is 50.4 Å². The second kappa shape index (κ2) is 6.69. The average molecular weight is 302 g/mol. The Morgan fingerprint density at radius 1 is 1.27 bits per heavy atom. The summed E-state index contributed by atoms with van der Waals surface area (Å²) >= 11 is 0. The number of likely N-dealkylation sites (tertiary alicyclic amines) is 1. The van der Waals surface area contributed by atoms with E-state index in [0.717, 1.165) is 44.6 Å². The lowest BCUT2D eigenvalue weighted by molar-refractivity contribution is -0.135. The molecule has 2 aliphatic rings. The Balaban J connectivity index is 1.60. The lowest BCUT2D eigenvalue weighted by Crippen LogP contribution is -2.43. The Kier molecular flexibility index (Phi) is 4.67. The van der Waals surface area contributed by atoms with E-state index in [1.807, 2.05) is 12.1 Å². The predicted octanol–water partition coefficient (Wildman–Crippen LogP) is 2.40. The van der Waals surface area contributed by atoms with Crippen LogP contribution in [-0.2, 0) is 4.79 Å². The number of amides is 1. The van der Waals surface area contributed by atoms with Crippen molar-refractivity contribution < 1.29 is 9.53 Å². The van der Waals surface area contributed by atoms with E-state index < -0.39 is 0 Å². The molecule has 3 rings (SSSR count). The van der Waals surface area contributed by atoms with Gasteiger partial charge in [-0.25, -0.2) is 0 Å². The second-order valence-electron chi connectivity index (χ2n) is 6.62. The molecule has 3 atom stereocenters. The minimum atomic E-state index is 0.214. The monoisotopic (exact) mass is 302 g/mol. The molecule has 2 fully saturated rings. The van der Waals surface area contributed by atoms with E-state index in [1.165, 1.54) is 5.56 Å². The van der Waals surface area contributed by atoms with Gasteiger partial charge in [-0.2, -0.15) is 0 Å². The van der Waals surface area contributed by atoms with Crippen molar-refractivity contribution in [1.82, 2.24) is 10.2 Å². The summed E-state index contributed by atoms with van der Waals surface area (Å²) in [4.78, 5) is 14.8. The standard InChI is InChI=1S/C18H26N2O2/c1-13-11-15(7-9-19-13)18(21)20-10-8-16(12-20)14-3-5-17(22-2)6-4-14/h3-6,13,15-16,19H,7-12H2,1-2H3/t13-,15-,16?/m0/s1. The second-order valence-corrected chi connectivity index (χ2v) is 6.62. The van der Waals surface area contributed by atoms with Crippen LogP contribution in [-0.4, -0.2) is 43.6 Å². The van der Waals surface area contributed by atoms with Crippen molar-refractivity contribution in [3.8, 4) is 5.75 Å². The highest BCUT2D eigenvalue weighted by Crippen LogP contribution is 2.30. The quantitative estimate of drug-likeness (QED) is 0.932. The summed E-state index contributed by atoms with van der Waals surface area (Å²) in [7, 11) is 1.69. The topological polar surface area (TPSA) is 41.6 Å². The number of piperidine rings is 1. The van der Waals surface area contributed by atoms with Gasteiger partial charge in [0, 0.05) is 31.0 Å². The van der Waals surface area contributed by atoms with Gasteiger partial charge in [0.05, 0.1) is 7.11 Å². The molecule has 22 heavy (non-hydrogen) atoms. The third kappa shape index (κ3) is 3.27. The molecule has 2 aliphatic heterocycles. The fourth-order valence-electron chi connectivity index (χ4n) is 3.72. The molecule has 1 aromatic rings. The average Bonchev–Trinajstić information content (AvgIpc) is 3.04. The van der Waals surface area contributed by atoms with Crippen molar-refractivity contribution in [2.24, 2.45) is 5.92 Å². The first-order valence-electron chi connectivity index (χ1n) is 8.33. The van der Waals surface area contributed by atoms with E-state index in [-0.39, 0.29) is 5.92 Å². The highest BCUT2D eigenvalue weighted by Gasteiger charge is 2.33. The van der Waals surface area contributed by atoms with Gasteiger partial charge in [0.15, 0.2) is 0 Å². The van der Waals surface area contributed by atoms with Crippen molar-refractivity contribution in [2.75, 3.05) is 26.7 Å². The van der Waals surface area contributed by atoms with Crippen molar-refractivity contribution in [2.45, 2.75) is 38.1 Å². The molecular weight excluding hydrogens is 276 g/mol. The number of ether oxygens (including phenoxy) is 1. The van der Waals surface area contributed by atoms with Crippen molar-refractivity contribution in [3.63, 3.8) is 0 Å². The van der Waals surface area contributed by atoms with E-state index >= 15 is 0 Å². The first-order valence-corrected chi connectivity index (χ1v) is 8.33. The van der Waals surface area contributed by atoms with Gasteiger partial charge in [-0.15, -0.1) is 0 Å². The summed E-state index contributed by atoms with van der Waals surface area (Å²) in [6, 6.07) is 8.74. The van der Waals surface area contributed by atoms with Crippen molar-refractivity contribution in [3.05, 3.63) is 29.8 Å². The van der Waals surface area contributed by atoms with Crippen molar-refractivity contribution >= 4 is 5.91 Å². The maximum absolute atomic E-state index is 12.7. The number of nitrogens with one attached hydrogen (secondary N) is 1. The number of methoxy groups -OCH3 is 1. The summed E-state index contributed by atoms with van der Waals surface area (Å²) in [6.45, 7) is 4.90. The summed E-state index contributed by atoms with van der Waals surface area (Å²) < 4.78 is 5.21. The lowest BCUT2D eigenvalue weighted by atomic mass is 9.92. The molecule has 1 unspecified atom stereocenters. The van der Waals surface area contributed by atoms with E-state index in [0.29, 0.717) is 17.9 Å². The van der Waals surface area contributed by atoms with Crippen LogP contribution in [0.1, 0.15) is 37.7 Å². The normalized spacial score (nSPS) is 28.6. The molecule has 4 nitrogen and oxygen atoms in total. The zero-order valence-electron chi connectivity index (χ0n) is 13.5. The summed E-state index contributed by atoms with van der Waals surface area (Å²) in [6.07, 6.45) is 3.02. The minimum absolute atomic E-state index is 0.214. The summed E-state index contributed by atoms with van der Waals surface area (Å²) in [5.74, 6) is 1.93. The highest BCUT2D eigenvalue weighted by atomic mass is 16.5. The first-order chi connectivity index (χ1) is 10.7.